The Morgan fingerprint density at radius 2 is 2.31 bits per heavy atom. The average Bonchev–Trinajstić information content (AvgIpc) is 2.01. The van der Waals surface area contributed by atoms with E-state index in [1.807, 2.05) is 0 Å². The van der Waals surface area contributed by atoms with Crippen molar-refractivity contribution in [1.82, 2.24) is 10.6 Å². The second-order valence-electron chi connectivity index (χ2n) is 4.26. The molecule has 1 heterocycles. The van der Waals surface area contributed by atoms with E-state index in [1.54, 1.807) is 0 Å². The molecular formula is C9H17N3O. The third kappa shape index (κ3) is 1.77. The van der Waals surface area contributed by atoms with Crippen molar-refractivity contribution in [3.05, 3.63) is 0 Å². The highest BCUT2D eigenvalue weighted by Crippen LogP contribution is 2.38. The third-order valence-corrected chi connectivity index (χ3v) is 3.29. The molecule has 2 aliphatic rings. The van der Waals surface area contributed by atoms with E-state index in [1.165, 1.54) is 19.3 Å². The smallest absolute Gasteiger partial charge is 0.312 e. The highest BCUT2D eigenvalue weighted by atomic mass is 16.2. The van der Waals surface area contributed by atoms with Crippen molar-refractivity contribution in [1.29, 1.82) is 0 Å². The first-order valence-corrected chi connectivity index (χ1v) is 5.01. The average molecular weight is 183 g/mol. The predicted octanol–water partition coefficient (Wildman–Crippen LogP) is 0.329. The molecule has 1 unspecified atom stereocenters. The number of nitrogens with one attached hydrogen (secondary N) is 2. The first-order chi connectivity index (χ1) is 6.20. The number of hydrogen-bond donors (Lipinski definition) is 3. The van der Waals surface area contributed by atoms with E-state index in [9.17, 15) is 4.79 Å². The molecule has 4 heteroatoms. The van der Waals surface area contributed by atoms with Crippen LogP contribution in [0.2, 0.25) is 0 Å². The number of amides is 2. The van der Waals surface area contributed by atoms with Crippen molar-refractivity contribution in [2.75, 3.05) is 6.54 Å². The Hall–Kier alpha value is -0.770. The molecule has 13 heavy (non-hydrogen) atoms. The highest BCUT2D eigenvalue weighted by molar-refractivity contribution is 5.72. The first-order valence-electron chi connectivity index (χ1n) is 5.01. The second-order valence-corrected chi connectivity index (χ2v) is 4.26. The normalized spacial score (nSPS) is 30.9. The number of hydrogen-bond acceptors (Lipinski definition) is 2. The van der Waals surface area contributed by atoms with Crippen molar-refractivity contribution < 1.29 is 4.79 Å². The Morgan fingerprint density at radius 1 is 1.54 bits per heavy atom. The summed E-state index contributed by atoms with van der Waals surface area (Å²) in [5, 5.41) is 6.35. The Kier molecular flexibility index (Phi) is 2.15. The van der Waals surface area contributed by atoms with Crippen LogP contribution in [0.25, 0.3) is 0 Å². The molecule has 4 nitrogen and oxygen atoms in total. The summed E-state index contributed by atoms with van der Waals surface area (Å²) in [7, 11) is 0. The zero-order valence-corrected chi connectivity index (χ0v) is 7.81. The summed E-state index contributed by atoms with van der Waals surface area (Å²) >= 11 is 0. The summed E-state index contributed by atoms with van der Waals surface area (Å²) in [6.45, 7) is 1.00. The molecule has 0 aromatic heterocycles. The van der Waals surface area contributed by atoms with Crippen molar-refractivity contribution in [3.63, 3.8) is 0 Å². The van der Waals surface area contributed by atoms with E-state index in [0.717, 1.165) is 19.4 Å². The van der Waals surface area contributed by atoms with Crippen molar-refractivity contribution in [3.8, 4) is 0 Å². The van der Waals surface area contributed by atoms with Crippen LogP contribution in [0.1, 0.15) is 32.1 Å². The molecule has 0 bridgehead atoms. The van der Waals surface area contributed by atoms with Gasteiger partial charge in [0.15, 0.2) is 0 Å². The van der Waals surface area contributed by atoms with Gasteiger partial charge in [0.05, 0.1) is 0 Å². The summed E-state index contributed by atoms with van der Waals surface area (Å²) in [5.74, 6) is 0. The lowest BCUT2D eigenvalue weighted by atomic mass is 9.70. The molecule has 2 rings (SSSR count). The van der Waals surface area contributed by atoms with Gasteiger partial charge in [-0.15, -0.1) is 0 Å². The van der Waals surface area contributed by atoms with Crippen LogP contribution in [0.5, 0.6) is 0 Å². The Labute approximate surface area is 78.2 Å². The van der Waals surface area contributed by atoms with E-state index in [-0.39, 0.29) is 6.03 Å². The summed E-state index contributed by atoms with van der Waals surface area (Å²) < 4.78 is 0. The number of carbonyl (C=O) groups is 1. The number of primary amides is 1. The summed E-state index contributed by atoms with van der Waals surface area (Å²) in [6, 6.07) is -0.0968. The Balaban J connectivity index is 1.88. The molecule has 0 aromatic rings. The van der Waals surface area contributed by atoms with Gasteiger partial charge in [0.25, 0.3) is 0 Å². The molecule has 1 spiro atoms. The van der Waals surface area contributed by atoms with Gasteiger partial charge in [-0.2, -0.15) is 0 Å². The van der Waals surface area contributed by atoms with Crippen LogP contribution >= 0.6 is 0 Å². The fraction of sp³-hybridized carbons (Fsp3) is 0.889. The van der Waals surface area contributed by atoms with Crippen molar-refractivity contribution >= 4 is 6.03 Å². The lowest BCUT2D eigenvalue weighted by Crippen LogP contribution is -2.60. The van der Waals surface area contributed by atoms with Gasteiger partial charge < -0.3 is 16.4 Å². The molecule has 2 amide bonds. The van der Waals surface area contributed by atoms with E-state index in [4.69, 9.17) is 5.73 Å². The lowest BCUT2D eigenvalue weighted by molar-refractivity contribution is 0.122. The fourth-order valence-corrected chi connectivity index (χ4v) is 2.47. The van der Waals surface area contributed by atoms with Gasteiger partial charge in [-0.3, -0.25) is 0 Å². The minimum atomic E-state index is -0.388. The maximum absolute atomic E-state index is 10.7. The SMILES string of the molecule is NC(=O)NC1CCNC2(CCC2)C1. The molecule has 0 aromatic carbocycles. The quantitative estimate of drug-likeness (QED) is 0.548. The monoisotopic (exact) mass is 183 g/mol. The van der Waals surface area contributed by atoms with Gasteiger partial charge in [0.1, 0.15) is 0 Å². The van der Waals surface area contributed by atoms with Gasteiger partial charge in [-0.1, -0.05) is 0 Å². The maximum Gasteiger partial charge on any atom is 0.312 e. The zero-order chi connectivity index (χ0) is 9.31. The number of rotatable bonds is 1. The van der Waals surface area contributed by atoms with Crippen LogP contribution in [0.15, 0.2) is 0 Å². The molecule has 0 radical (unpaired) electrons. The van der Waals surface area contributed by atoms with Crippen LogP contribution < -0.4 is 16.4 Å². The molecule has 1 saturated carbocycles. The molecular weight excluding hydrogens is 166 g/mol. The summed E-state index contributed by atoms with van der Waals surface area (Å²) in [6.07, 6.45) is 5.88. The van der Waals surface area contributed by atoms with Gasteiger partial charge in [-0.25, -0.2) is 4.79 Å². The van der Waals surface area contributed by atoms with E-state index >= 15 is 0 Å². The molecule has 1 atom stereocenters. The van der Waals surface area contributed by atoms with E-state index in [2.05, 4.69) is 10.6 Å². The molecule has 4 N–H and O–H groups in total. The molecule has 1 aliphatic carbocycles. The van der Waals surface area contributed by atoms with Crippen LogP contribution in [-0.2, 0) is 0 Å². The molecule has 2 fully saturated rings. The molecule has 74 valence electrons. The number of piperidine rings is 1. The van der Waals surface area contributed by atoms with Gasteiger partial charge in [0.2, 0.25) is 0 Å². The minimum Gasteiger partial charge on any atom is -0.352 e. The van der Waals surface area contributed by atoms with Crippen LogP contribution in [0, 0.1) is 0 Å². The maximum atomic E-state index is 10.7. The highest BCUT2D eigenvalue weighted by Gasteiger charge is 2.40. The van der Waals surface area contributed by atoms with Gasteiger partial charge in [-0.05, 0) is 38.6 Å². The first kappa shape index (κ1) is 8.81. The largest absolute Gasteiger partial charge is 0.352 e. The predicted molar refractivity (Wildman–Crippen MR) is 50.3 cm³/mol. The fourth-order valence-electron chi connectivity index (χ4n) is 2.47. The third-order valence-electron chi connectivity index (χ3n) is 3.29. The van der Waals surface area contributed by atoms with Crippen LogP contribution in [0.3, 0.4) is 0 Å². The van der Waals surface area contributed by atoms with Crippen molar-refractivity contribution in [2.45, 2.75) is 43.7 Å². The standard InChI is InChI=1S/C9H17N3O/c10-8(13)12-7-2-5-11-9(6-7)3-1-4-9/h7,11H,1-6H2,(H3,10,12,13). The van der Waals surface area contributed by atoms with Crippen molar-refractivity contribution in [2.24, 2.45) is 5.73 Å². The Bertz CT molecular complexity index is 213. The topological polar surface area (TPSA) is 67.2 Å². The lowest BCUT2D eigenvalue weighted by Gasteiger charge is -2.48. The minimum absolute atomic E-state index is 0.291. The number of urea groups is 1. The van der Waals surface area contributed by atoms with E-state index in [0.29, 0.717) is 11.6 Å². The Morgan fingerprint density at radius 3 is 2.85 bits per heavy atom. The van der Waals surface area contributed by atoms with Gasteiger partial charge >= 0.3 is 6.03 Å². The van der Waals surface area contributed by atoms with Crippen LogP contribution in [0.4, 0.5) is 4.79 Å². The number of carbonyl (C=O) groups excluding carboxylic acids is 1. The van der Waals surface area contributed by atoms with E-state index < -0.39 is 0 Å². The van der Waals surface area contributed by atoms with Crippen LogP contribution in [-0.4, -0.2) is 24.2 Å². The zero-order valence-electron chi connectivity index (χ0n) is 7.81. The molecule has 1 aliphatic heterocycles. The molecule has 1 saturated heterocycles. The summed E-state index contributed by atoms with van der Waals surface area (Å²) in [5.41, 5.74) is 5.44. The number of nitrogens with two attached hydrogens (primary N) is 1. The second kappa shape index (κ2) is 3.18. The van der Waals surface area contributed by atoms with Gasteiger partial charge in [0, 0.05) is 11.6 Å². The summed E-state index contributed by atoms with van der Waals surface area (Å²) in [4.78, 5) is 10.7.